The van der Waals surface area contributed by atoms with E-state index < -0.39 is 0 Å². The lowest BCUT2D eigenvalue weighted by Gasteiger charge is -1.99. The highest BCUT2D eigenvalue weighted by Crippen LogP contribution is 2.38. The van der Waals surface area contributed by atoms with Crippen LogP contribution in [0.5, 0.6) is 0 Å². The van der Waals surface area contributed by atoms with Crippen LogP contribution in [0, 0.1) is 11.8 Å². The number of carbonyl (C=O) groups excluding carboxylic acids is 1. The van der Waals surface area contributed by atoms with Crippen LogP contribution >= 0.6 is 0 Å². The van der Waals surface area contributed by atoms with Gasteiger partial charge < -0.3 is 9.47 Å². The molecule has 3 heteroatoms. The minimum absolute atomic E-state index is 0.00831. The summed E-state index contributed by atoms with van der Waals surface area (Å²) in [5.41, 5.74) is 1.59. The molecule has 1 aromatic carbocycles. The van der Waals surface area contributed by atoms with Gasteiger partial charge in [0.15, 0.2) is 0 Å². The Morgan fingerprint density at radius 1 is 1.38 bits per heavy atom. The SMILES string of the molecule is CC#C[C@H]1O[C@@H]1c1ccc(C(=O)OC)cc1. The second-order valence-electron chi connectivity index (χ2n) is 3.49. The molecule has 1 saturated heterocycles. The molecule has 0 aromatic heterocycles. The molecule has 0 saturated carbocycles. The van der Waals surface area contributed by atoms with E-state index in [0.29, 0.717) is 5.56 Å². The molecule has 2 atom stereocenters. The van der Waals surface area contributed by atoms with E-state index >= 15 is 0 Å². The van der Waals surface area contributed by atoms with Crippen LogP contribution in [0.15, 0.2) is 24.3 Å². The third-order valence-electron chi connectivity index (χ3n) is 2.44. The highest BCUT2D eigenvalue weighted by molar-refractivity contribution is 5.89. The number of rotatable bonds is 2. The minimum Gasteiger partial charge on any atom is -0.465 e. The minimum atomic E-state index is -0.326. The molecule has 2 rings (SSSR count). The van der Waals surface area contributed by atoms with Crippen molar-refractivity contribution in [3.05, 3.63) is 35.4 Å². The first-order valence-electron chi connectivity index (χ1n) is 5.02. The quantitative estimate of drug-likeness (QED) is 0.431. The van der Waals surface area contributed by atoms with Crippen LogP contribution in [0.25, 0.3) is 0 Å². The predicted octanol–water partition coefficient (Wildman–Crippen LogP) is 1.94. The zero-order chi connectivity index (χ0) is 11.5. The molecule has 0 unspecified atom stereocenters. The average molecular weight is 216 g/mol. The van der Waals surface area contributed by atoms with Crippen molar-refractivity contribution in [1.82, 2.24) is 0 Å². The van der Waals surface area contributed by atoms with Crippen molar-refractivity contribution < 1.29 is 14.3 Å². The first-order valence-corrected chi connectivity index (χ1v) is 5.02. The predicted molar refractivity (Wildman–Crippen MR) is 58.8 cm³/mol. The summed E-state index contributed by atoms with van der Waals surface area (Å²) >= 11 is 0. The highest BCUT2D eigenvalue weighted by atomic mass is 16.6. The second-order valence-corrected chi connectivity index (χ2v) is 3.49. The number of hydrogen-bond donors (Lipinski definition) is 0. The number of epoxide rings is 1. The topological polar surface area (TPSA) is 38.8 Å². The Balaban J connectivity index is 2.08. The molecule has 1 aliphatic rings. The smallest absolute Gasteiger partial charge is 0.337 e. The van der Waals surface area contributed by atoms with Crippen molar-refractivity contribution >= 4 is 5.97 Å². The molecular weight excluding hydrogens is 204 g/mol. The van der Waals surface area contributed by atoms with Crippen LogP contribution < -0.4 is 0 Å². The van der Waals surface area contributed by atoms with Gasteiger partial charge in [-0.05, 0) is 24.6 Å². The maximum atomic E-state index is 11.2. The Morgan fingerprint density at radius 2 is 2.06 bits per heavy atom. The van der Waals surface area contributed by atoms with Crippen molar-refractivity contribution in [3.8, 4) is 11.8 Å². The lowest BCUT2D eigenvalue weighted by molar-refractivity contribution is 0.0600. The van der Waals surface area contributed by atoms with E-state index in [9.17, 15) is 4.79 Å². The van der Waals surface area contributed by atoms with Gasteiger partial charge in [-0.25, -0.2) is 4.79 Å². The lowest BCUT2D eigenvalue weighted by Crippen LogP contribution is -2.00. The fraction of sp³-hybridized carbons (Fsp3) is 0.308. The van der Waals surface area contributed by atoms with Gasteiger partial charge in [0.1, 0.15) is 12.2 Å². The summed E-state index contributed by atoms with van der Waals surface area (Å²) in [6.45, 7) is 1.79. The van der Waals surface area contributed by atoms with Gasteiger partial charge in [0.25, 0.3) is 0 Å². The number of benzene rings is 1. The Bertz CT molecular complexity index is 450. The lowest BCUT2D eigenvalue weighted by atomic mass is 10.1. The largest absolute Gasteiger partial charge is 0.465 e. The first kappa shape index (κ1) is 10.7. The van der Waals surface area contributed by atoms with Crippen molar-refractivity contribution in [1.29, 1.82) is 0 Å². The third-order valence-corrected chi connectivity index (χ3v) is 2.44. The van der Waals surface area contributed by atoms with Gasteiger partial charge >= 0.3 is 5.97 Å². The van der Waals surface area contributed by atoms with Gasteiger partial charge in [-0.1, -0.05) is 18.1 Å². The zero-order valence-electron chi connectivity index (χ0n) is 9.19. The molecule has 1 aliphatic heterocycles. The summed E-state index contributed by atoms with van der Waals surface area (Å²) in [6, 6.07) is 7.21. The van der Waals surface area contributed by atoms with E-state index in [1.807, 2.05) is 12.1 Å². The molecular formula is C13H12O3. The maximum absolute atomic E-state index is 11.2. The Morgan fingerprint density at radius 3 is 2.62 bits per heavy atom. The number of ether oxygens (including phenoxy) is 2. The molecule has 0 aliphatic carbocycles. The number of esters is 1. The third kappa shape index (κ3) is 2.07. The Hall–Kier alpha value is -1.79. The molecule has 1 aromatic rings. The Labute approximate surface area is 94.4 Å². The van der Waals surface area contributed by atoms with Crippen LogP contribution in [-0.2, 0) is 9.47 Å². The average Bonchev–Trinajstić information content (AvgIpc) is 3.08. The van der Waals surface area contributed by atoms with E-state index in [2.05, 4.69) is 16.6 Å². The molecule has 3 nitrogen and oxygen atoms in total. The van der Waals surface area contributed by atoms with E-state index in [1.54, 1.807) is 19.1 Å². The van der Waals surface area contributed by atoms with Gasteiger partial charge in [-0.3, -0.25) is 0 Å². The van der Waals surface area contributed by atoms with Crippen LogP contribution in [0.3, 0.4) is 0 Å². The first-order chi connectivity index (χ1) is 7.76. The fourth-order valence-electron chi connectivity index (χ4n) is 1.54. The van der Waals surface area contributed by atoms with E-state index in [4.69, 9.17) is 4.74 Å². The number of hydrogen-bond acceptors (Lipinski definition) is 3. The molecule has 82 valence electrons. The molecule has 16 heavy (non-hydrogen) atoms. The fourth-order valence-corrected chi connectivity index (χ4v) is 1.54. The summed E-state index contributed by atoms with van der Waals surface area (Å²) in [5.74, 6) is 5.45. The molecule has 0 amide bonds. The van der Waals surface area contributed by atoms with Crippen LogP contribution in [0.4, 0.5) is 0 Å². The van der Waals surface area contributed by atoms with Crippen molar-refractivity contribution in [2.75, 3.05) is 7.11 Å². The molecule has 0 radical (unpaired) electrons. The zero-order valence-corrected chi connectivity index (χ0v) is 9.19. The van der Waals surface area contributed by atoms with Crippen molar-refractivity contribution in [2.24, 2.45) is 0 Å². The molecule has 0 bridgehead atoms. The van der Waals surface area contributed by atoms with Gasteiger partial charge in [0, 0.05) is 0 Å². The normalized spacial score (nSPS) is 21.9. The highest BCUT2D eigenvalue weighted by Gasteiger charge is 2.38. The second kappa shape index (κ2) is 4.38. The maximum Gasteiger partial charge on any atom is 0.337 e. The summed E-state index contributed by atoms with van der Waals surface area (Å²) in [4.78, 5) is 11.2. The number of carbonyl (C=O) groups is 1. The summed E-state index contributed by atoms with van der Waals surface area (Å²) in [5, 5.41) is 0. The van der Waals surface area contributed by atoms with Crippen LogP contribution in [-0.4, -0.2) is 19.2 Å². The number of methoxy groups -OCH3 is 1. The summed E-state index contributed by atoms with van der Waals surface area (Å²) in [6.07, 6.45) is 0.0631. The summed E-state index contributed by atoms with van der Waals surface area (Å²) in [7, 11) is 1.37. The molecule has 1 heterocycles. The van der Waals surface area contributed by atoms with E-state index in [0.717, 1.165) is 5.56 Å². The van der Waals surface area contributed by atoms with E-state index in [-0.39, 0.29) is 18.2 Å². The van der Waals surface area contributed by atoms with Gasteiger partial charge in [0.2, 0.25) is 0 Å². The van der Waals surface area contributed by atoms with E-state index in [1.165, 1.54) is 7.11 Å². The van der Waals surface area contributed by atoms with Gasteiger partial charge in [-0.15, -0.1) is 5.92 Å². The van der Waals surface area contributed by atoms with Crippen LogP contribution in [0.1, 0.15) is 28.9 Å². The Kier molecular flexibility index (Phi) is 2.93. The van der Waals surface area contributed by atoms with Gasteiger partial charge in [-0.2, -0.15) is 0 Å². The van der Waals surface area contributed by atoms with Crippen molar-refractivity contribution in [2.45, 2.75) is 19.1 Å². The van der Waals surface area contributed by atoms with Crippen molar-refractivity contribution in [3.63, 3.8) is 0 Å². The van der Waals surface area contributed by atoms with Gasteiger partial charge in [0.05, 0.1) is 12.7 Å². The summed E-state index contributed by atoms with van der Waals surface area (Å²) < 4.78 is 10.00. The molecule has 0 spiro atoms. The standard InChI is InChI=1S/C13H12O3/c1-3-4-11-12(16-11)9-5-7-10(8-6-9)13(14)15-2/h5-8,11-12H,1-2H3/t11-,12-/m1/s1. The molecule has 1 fully saturated rings. The molecule has 0 N–H and O–H groups in total. The monoisotopic (exact) mass is 216 g/mol. The van der Waals surface area contributed by atoms with Crippen LogP contribution in [0.2, 0.25) is 0 Å².